The minimum Gasteiger partial charge on any atom is -0.353 e. The van der Waals surface area contributed by atoms with E-state index < -0.39 is 10.8 Å². The molecule has 0 unspecified atom stereocenters. The summed E-state index contributed by atoms with van der Waals surface area (Å²) in [6.07, 6.45) is 1.69. The fraction of sp³-hybridized carbons (Fsp3) is 0.333. The highest BCUT2D eigenvalue weighted by Gasteiger charge is 2.28. The third-order valence-corrected chi connectivity index (χ3v) is 5.45. The number of amides is 1. The number of piperazine rings is 1. The lowest BCUT2D eigenvalue weighted by Crippen LogP contribution is -2.49. The Morgan fingerprint density at radius 1 is 1.19 bits per heavy atom. The van der Waals surface area contributed by atoms with Crippen LogP contribution in [-0.2, 0) is 0 Å². The van der Waals surface area contributed by atoms with E-state index in [1.807, 2.05) is 26.0 Å². The number of benzene rings is 1. The van der Waals surface area contributed by atoms with Gasteiger partial charge in [0, 0.05) is 54.9 Å². The number of nitro benzene ring substituents is 1. The third kappa shape index (κ3) is 4.40. The number of halogens is 1. The highest BCUT2D eigenvalue weighted by atomic mass is 35.5. The second-order valence-corrected chi connectivity index (χ2v) is 8.15. The van der Waals surface area contributed by atoms with Crippen LogP contribution < -0.4 is 4.90 Å². The molecule has 0 aliphatic carbocycles. The molecule has 1 saturated heterocycles. The first kappa shape index (κ1) is 21.7. The SMILES string of the molecule is CC(C)c1nc(-c2ccc(N3CCN(C(=O)c4cc(Cl)ccc4[N+](=O)[O-])CC3)nc2)no1. The van der Waals surface area contributed by atoms with Gasteiger partial charge in [0.25, 0.3) is 11.6 Å². The van der Waals surface area contributed by atoms with Crippen LogP contribution in [0.5, 0.6) is 0 Å². The Kier molecular flexibility index (Phi) is 6.04. The molecule has 0 N–H and O–H groups in total. The summed E-state index contributed by atoms with van der Waals surface area (Å²) in [5.41, 5.74) is 0.506. The normalized spacial score (nSPS) is 14.1. The smallest absolute Gasteiger partial charge is 0.282 e. The Labute approximate surface area is 189 Å². The van der Waals surface area contributed by atoms with E-state index in [0.717, 1.165) is 11.4 Å². The molecule has 11 heteroatoms. The number of nitro groups is 1. The van der Waals surface area contributed by atoms with E-state index in [1.165, 1.54) is 18.2 Å². The van der Waals surface area contributed by atoms with Gasteiger partial charge in [0.05, 0.1) is 4.92 Å². The molecule has 1 aromatic carbocycles. The van der Waals surface area contributed by atoms with Gasteiger partial charge in [-0.15, -0.1) is 0 Å². The number of nitrogens with zero attached hydrogens (tertiary/aromatic N) is 6. The van der Waals surface area contributed by atoms with E-state index in [1.54, 1.807) is 11.1 Å². The second kappa shape index (κ2) is 8.91. The molecule has 0 saturated carbocycles. The summed E-state index contributed by atoms with van der Waals surface area (Å²) in [6.45, 7) is 5.88. The van der Waals surface area contributed by atoms with Crippen LogP contribution in [0.4, 0.5) is 11.5 Å². The number of hydrogen-bond acceptors (Lipinski definition) is 8. The molecule has 10 nitrogen and oxygen atoms in total. The van der Waals surface area contributed by atoms with Crippen molar-refractivity contribution in [3.63, 3.8) is 0 Å². The second-order valence-electron chi connectivity index (χ2n) is 7.71. The van der Waals surface area contributed by atoms with Gasteiger partial charge in [0.2, 0.25) is 11.7 Å². The Balaban J connectivity index is 1.42. The summed E-state index contributed by atoms with van der Waals surface area (Å²) >= 11 is 5.96. The molecule has 166 valence electrons. The van der Waals surface area contributed by atoms with Crippen molar-refractivity contribution >= 4 is 29.0 Å². The number of aromatic nitrogens is 3. The average molecular weight is 457 g/mol. The Hall–Kier alpha value is -3.53. The molecule has 1 fully saturated rings. The van der Waals surface area contributed by atoms with Gasteiger partial charge in [-0.25, -0.2) is 4.98 Å². The minimum atomic E-state index is -0.570. The number of carbonyl (C=O) groups excluding carboxylic acids is 1. The Morgan fingerprint density at radius 3 is 2.53 bits per heavy atom. The van der Waals surface area contributed by atoms with Gasteiger partial charge < -0.3 is 14.3 Å². The van der Waals surface area contributed by atoms with Crippen molar-refractivity contribution in [1.82, 2.24) is 20.0 Å². The predicted octanol–water partition coefficient (Wildman–Crippen LogP) is 3.78. The number of rotatable bonds is 5. The van der Waals surface area contributed by atoms with Crippen molar-refractivity contribution < 1.29 is 14.2 Å². The van der Waals surface area contributed by atoms with Gasteiger partial charge in [-0.2, -0.15) is 4.98 Å². The maximum Gasteiger partial charge on any atom is 0.282 e. The molecule has 2 aromatic heterocycles. The first-order chi connectivity index (χ1) is 15.3. The topological polar surface area (TPSA) is 118 Å². The van der Waals surface area contributed by atoms with Crippen molar-refractivity contribution in [3.8, 4) is 11.4 Å². The van der Waals surface area contributed by atoms with Crippen molar-refractivity contribution in [1.29, 1.82) is 0 Å². The molecular formula is C21H21ClN6O4. The number of hydrogen-bond donors (Lipinski definition) is 0. The molecule has 32 heavy (non-hydrogen) atoms. The maximum atomic E-state index is 12.9. The summed E-state index contributed by atoms with van der Waals surface area (Å²) in [5.74, 6) is 1.58. The monoisotopic (exact) mass is 456 g/mol. The van der Waals surface area contributed by atoms with Crippen LogP contribution in [0, 0.1) is 10.1 Å². The van der Waals surface area contributed by atoms with Gasteiger partial charge in [-0.3, -0.25) is 14.9 Å². The van der Waals surface area contributed by atoms with Crippen LogP contribution in [0.3, 0.4) is 0 Å². The maximum absolute atomic E-state index is 12.9. The van der Waals surface area contributed by atoms with Crippen LogP contribution >= 0.6 is 11.6 Å². The molecule has 0 atom stereocenters. The number of pyridine rings is 1. The highest BCUT2D eigenvalue weighted by Crippen LogP contribution is 2.26. The highest BCUT2D eigenvalue weighted by molar-refractivity contribution is 6.31. The standard InChI is InChI=1S/C21H21ClN6O4/c1-13(2)20-24-19(25-32-20)14-3-6-18(23-12-14)26-7-9-27(10-8-26)21(29)16-11-15(22)4-5-17(16)28(30)31/h3-6,11-13H,7-10H2,1-2H3. The lowest BCUT2D eigenvalue weighted by Gasteiger charge is -2.35. The van der Waals surface area contributed by atoms with Crippen LogP contribution in [0.25, 0.3) is 11.4 Å². The van der Waals surface area contributed by atoms with Crippen molar-refractivity contribution in [2.75, 3.05) is 31.1 Å². The summed E-state index contributed by atoms with van der Waals surface area (Å²) in [5, 5.41) is 15.6. The van der Waals surface area contributed by atoms with Gasteiger partial charge in [-0.05, 0) is 24.3 Å². The lowest BCUT2D eigenvalue weighted by molar-refractivity contribution is -0.385. The molecule has 3 heterocycles. The van der Waals surface area contributed by atoms with Gasteiger partial charge in [-0.1, -0.05) is 30.6 Å². The van der Waals surface area contributed by atoms with Crippen molar-refractivity contribution in [2.24, 2.45) is 0 Å². The first-order valence-corrected chi connectivity index (χ1v) is 10.5. The molecular weight excluding hydrogens is 436 g/mol. The molecule has 1 aliphatic rings. The number of carbonyl (C=O) groups is 1. The van der Waals surface area contributed by atoms with Gasteiger partial charge >= 0.3 is 0 Å². The van der Waals surface area contributed by atoms with E-state index in [-0.39, 0.29) is 22.2 Å². The summed E-state index contributed by atoms with van der Waals surface area (Å²) < 4.78 is 5.24. The molecule has 0 bridgehead atoms. The Bertz CT molecular complexity index is 1140. The Morgan fingerprint density at radius 2 is 1.94 bits per heavy atom. The van der Waals surface area contributed by atoms with E-state index in [9.17, 15) is 14.9 Å². The molecule has 3 aromatic rings. The van der Waals surface area contributed by atoms with Gasteiger partial charge in [0.15, 0.2) is 0 Å². The minimum absolute atomic E-state index is 0.000642. The van der Waals surface area contributed by atoms with E-state index in [2.05, 4.69) is 20.0 Å². The quantitative estimate of drug-likeness (QED) is 0.420. The zero-order valence-electron chi connectivity index (χ0n) is 17.6. The fourth-order valence-electron chi connectivity index (χ4n) is 3.44. The molecule has 0 spiro atoms. The zero-order valence-corrected chi connectivity index (χ0v) is 18.3. The van der Waals surface area contributed by atoms with E-state index in [0.29, 0.717) is 37.9 Å². The number of anilines is 1. The van der Waals surface area contributed by atoms with Crippen LogP contribution in [-0.4, -0.2) is 57.0 Å². The van der Waals surface area contributed by atoms with E-state index in [4.69, 9.17) is 16.1 Å². The first-order valence-electron chi connectivity index (χ1n) is 10.1. The average Bonchev–Trinajstić information content (AvgIpc) is 3.29. The lowest BCUT2D eigenvalue weighted by atomic mass is 10.1. The summed E-state index contributed by atoms with van der Waals surface area (Å²) in [4.78, 5) is 36.1. The summed E-state index contributed by atoms with van der Waals surface area (Å²) in [7, 11) is 0. The van der Waals surface area contributed by atoms with Crippen LogP contribution in [0.15, 0.2) is 41.1 Å². The largest absolute Gasteiger partial charge is 0.353 e. The van der Waals surface area contributed by atoms with Crippen LogP contribution in [0.1, 0.15) is 36.0 Å². The molecule has 1 aliphatic heterocycles. The van der Waals surface area contributed by atoms with Crippen molar-refractivity contribution in [2.45, 2.75) is 19.8 Å². The van der Waals surface area contributed by atoms with Crippen LogP contribution in [0.2, 0.25) is 5.02 Å². The summed E-state index contributed by atoms with van der Waals surface area (Å²) in [6, 6.07) is 7.76. The third-order valence-electron chi connectivity index (χ3n) is 5.22. The molecule has 0 radical (unpaired) electrons. The molecule has 4 rings (SSSR count). The van der Waals surface area contributed by atoms with Gasteiger partial charge in [0.1, 0.15) is 11.4 Å². The fourth-order valence-corrected chi connectivity index (χ4v) is 3.61. The van der Waals surface area contributed by atoms with Crippen molar-refractivity contribution in [3.05, 3.63) is 63.1 Å². The zero-order chi connectivity index (χ0) is 22.8. The van der Waals surface area contributed by atoms with E-state index >= 15 is 0 Å². The molecule has 1 amide bonds. The predicted molar refractivity (Wildman–Crippen MR) is 118 cm³/mol.